The van der Waals surface area contributed by atoms with Gasteiger partial charge in [0, 0.05) is 25.1 Å². The second-order valence-electron chi connectivity index (χ2n) is 10.5. The van der Waals surface area contributed by atoms with Crippen LogP contribution in [-0.2, 0) is 25.0 Å². The predicted molar refractivity (Wildman–Crippen MR) is 147 cm³/mol. The van der Waals surface area contributed by atoms with Crippen molar-refractivity contribution in [2.45, 2.75) is 58.8 Å². The molecule has 1 aromatic heterocycles. The number of methoxy groups -OCH3 is 1. The van der Waals surface area contributed by atoms with Crippen LogP contribution in [0.1, 0.15) is 48.7 Å². The van der Waals surface area contributed by atoms with Crippen LogP contribution >= 0.6 is 0 Å². The number of aryl methyl sites for hydroxylation is 4. The fraction of sp³-hybridized carbons (Fsp3) is 0.429. The number of para-hydroxylation sites is 1. The monoisotopic (exact) mass is 526 g/mol. The normalized spacial score (nSPS) is 12.2. The third-order valence-corrected chi connectivity index (χ3v) is 8.31. The first-order valence-electron chi connectivity index (χ1n) is 12.3. The molecule has 0 radical (unpaired) electrons. The van der Waals surface area contributed by atoms with Crippen LogP contribution in [0.3, 0.4) is 0 Å². The summed E-state index contributed by atoms with van der Waals surface area (Å²) in [5.41, 5.74) is 4.66. The van der Waals surface area contributed by atoms with Crippen LogP contribution in [0.2, 0.25) is 0 Å². The summed E-state index contributed by atoms with van der Waals surface area (Å²) in [6.45, 7) is 13.4. The number of aromatic nitrogens is 2. The number of benzene rings is 2. The topological polar surface area (TPSA) is 93.5 Å². The van der Waals surface area contributed by atoms with Crippen molar-refractivity contribution in [3.05, 3.63) is 70.4 Å². The Morgan fingerprint density at radius 3 is 2.22 bits per heavy atom. The summed E-state index contributed by atoms with van der Waals surface area (Å²) >= 11 is 0. The minimum absolute atomic E-state index is 0.0449. The van der Waals surface area contributed by atoms with Gasteiger partial charge in [0.1, 0.15) is 5.82 Å². The van der Waals surface area contributed by atoms with Gasteiger partial charge in [-0.15, -0.1) is 0 Å². The Hall–Kier alpha value is -3.01. The van der Waals surface area contributed by atoms with E-state index in [2.05, 4.69) is 26.1 Å². The van der Waals surface area contributed by atoms with Crippen molar-refractivity contribution in [2.24, 2.45) is 0 Å². The van der Waals surface area contributed by atoms with Gasteiger partial charge in [-0.2, -0.15) is 9.40 Å². The molecule has 3 aromatic rings. The van der Waals surface area contributed by atoms with Crippen molar-refractivity contribution in [1.29, 1.82) is 0 Å². The number of amides is 1. The summed E-state index contributed by atoms with van der Waals surface area (Å²) in [5, 5.41) is 7.68. The third-order valence-electron chi connectivity index (χ3n) is 6.16. The third kappa shape index (κ3) is 6.47. The molecule has 8 nitrogen and oxygen atoms in total. The van der Waals surface area contributed by atoms with E-state index in [0.29, 0.717) is 16.9 Å². The molecule has 1 N–H and O–H groups in total. The lowest BCUT2D eigenvalue weighted by Crippen LogP contribution is -2.40. The molecule has 200 valence electrons. The number of nitrogens with one attached hydrogen (secondary N) is 1. The van der Waals surface area contributed by atoms with E-state index in [0.717, 1.165) is 22.5 Å². The average molecular weight is 527 g/mol. The number of rotatable bonds is 9. The van der Waals surface area contributed by atoms with Gasteiger partial charge >= 0.3 is 0 Å². The maximum Gasteiger partial charge on any atom is 0.244 e. The van der Waals surface area contributed by atoms with E-state index in [1.165, 1.54) is 11.4 Å². The van der Waals surface area contributed by atoms with Gasteiger partial charge in [0.15, 0.2) is 0 Å². The molecule has 2 aromatic carbocycles. The molecule has 9 heteroatoms. The number of carbonyl (C=O) groups is 1. The molecule has 0 saturated carbocycles. The molecule has 0 spiro atoms. The molecule has 0 atom stereocenters. The smallest absolute Gasteiger partial charge is 0.244 e. The number of sulfonamides is 1. The first-order valence-corrected chi connectivity index (χ1v) is 13.7. The lowest BCUT2D eigenvalue weighted by atomic mass is 9.92. The van der Waals surface area contributed by atoms with Crippen molar-refractivity contribution in [3.63, 3.8) is 0 Å². The minimum atomic E-state index is -3.96. The fourth-order valence-electron chi connectivity index (χ4n) is 4.34. The number of carbonyl (C=O) groups excluding carboxylic acids is 1. The summed E-state index contributed by atoms with van der Waals surface area (Å²) < 4.78 is 35.5. The molecule has 0 aliphatic carbocycles. The van der Waals surface area contributed by atoms with E-state index in [4.69, 9.17) is 9.84 Å². The number of anilines is 1. The van der Waals surface area contributed by atoms with E-state index >= 15 is 0 Å². The highest BCUT2D eigenvalue weighted by Crippen LogP contribution is 2.28. The van der Waals surface area contributed by atoms with Crippen LogP contribution in [0.25, 0.3) is 5.69 Å². The van der Waals surface area contributed by atoms with E-state index in [1.807, 2.05) is 56.3 Å². The van der Waals surface area contributed by atoms with Crippen LogP contribution in [0.5, 0.6) is 0 Å². The fourth-order valence-corrected chi connectivity index (χ4v) is 6.14. The standard InChI is InChI=1S/C28H38N4O4S/c1-19-15-21(3)27(22(4)16-19)37(34,35)31(13-14-36-8)18-26(33)29-25-17-24(28(5,6)7)30-32(25)23-12-10-9-11-20(23)2/h9-12,15-17H,13-14,18H2,1-8H3,(H,29,33). The van der Waals surface area contributed by atoms with E-state index in [1.54, 1.807) is 18.5 Å². The minimum Gasteiger partial charge on any atom is -0.383 e. The average Bonchev–Trinajstić information content (AvgIpc) is 3.19. The Kier molecular flexibility index (Phi) is 8.62. The Morgan fingerprint density at radius 1 is 1.03 bits per heavy atom. The first-order chi connectivity index (χ1) is 17.3. The van der Waals surface area contributed by atoms with Crippen LogP contribution in [0, 0.1) is 27.7 Å². The van der Waals surface area contributed by atoms with E-state index < -0.39 is 15.9 Å². The molecule has 1 heterocycles. The van der Waals surface area contributed by atoms with Crippen molar-refractivity contribution < 1.29 is 17.9 Å². The highest BCUT2D eigenvalue weighted by Gasteiger charge is 2.30. The maximum absolute atomic E-state index is 13.7. The molecular weight excluding hydrogens is 488 g/mol. The maximum atomic E-state index is 13.7. The van der Waals surface area contributed by atoms with E-state index in [9.17, 15) is 13.2 Å². The van der Waals surface area contributed by atoms with Crippen molar-refractivity contribution >= 4 is 21.7 Å². The zero-order valence-corrected chi connectivity index (χ0v) is 23.9. The van der Waals surface area contributed by atoms with E-state index in [-0.39, 0.29) is 30.0 Å². The quantitative estimate of drug-likeness (QED) is 0.437. The molecule has 37 heavy (non-hydrogen) atoms. The van der Waals surface area contributed by atoms with Crippen LogP contribution in [0.15, 0.2) is 47.4 Å². The Balaban J connectivity index is 1.97. The Morgan fingerprint density at radius 2 is 1.65 bits per heavy atom. The van der Waals surface area contributed by atoms with Crippen molar-refractivity contribution in [2.75, 3.05) is 32.1 Å². The molecule has 0 fully saturated rings. The van der Waals surface area contributed by atoms with Crippen LogP contribution in [0.4, 0.5) is 5.82 Å². The van der Waals surface area contributed by atoms with Gasteiger partial charge in [-0.1, -0.05) is 56.7 Å². The molecular formula is C28H38N4O4S. The number of hydrogen-bond acceptors (Lipinski definition) is 5. The molecule has 1 amide bonds. The summed E-state index contributed by atoms with van der Waals surface area (Å²) in [4.78, 5) is 13.5. The predicted octanol–water partition coefficient (Wildman–Crippen LogP) is 4.68. The second kappa shape index (κ2) is 11.2. The summed E-state index contributed by atoms with van der Waals surface area (Å²) in [5.74, 6) is 0.0216. The molecule has 0 saturated heterocycles. The van der Waals surface area contributed by atoms with Crippen molar-refractivity contribution in [3.8, 4) is 5.69 Å². The Bertz CT molecular complexity index is 1360. The van der Waals surface area contributed by atoms with Gasteiger partial charge < -0.3 is 10.1 Å². The summed E-state index contributed by atoms with van der Waals surface area (Å²) in [7, 11) is -2.45. The first kappa shape index (κ1) is 28.6. The zero-order valence-electron chi connectivity index (χ0n) is 23.0. The Labute approximate surface area is 220 Å². The van der Waals surface area contributed by atoms with Gasteiger partial charge in [-0.3, -0.25) is 4.79 Å². The lowest BCUT2D eigenvalue weighted by molar-refractivity contribution is -0.116. The van der Waals surface area contributed by atoms with Gasteiger partial charge in [-0.05, 0) is 50.5 Å². The highest BCUT2D eigenvalue weighted by molar-refractivity contribution is 7.89. The lowest BCUT2D eigenvalue weighted by Gasteiger charge is -2.24. The van der Waals surface area contributed by atoms with Gasteiger partial charge in [0.05, 0.1) is 29.4 Å². The summed E-state index contributed by atoms with van der Waals surface area (Å²) in [6.07, 6.45) is 0. The van der Waals surface area contributed by atoms with Gasteiger partial charge in [-0.25, -0.2) is 13.1 Å². The SMILES string of the molecule is COCCN(CC(=O)Nc1cc(C(C)(C)C)nn1-c1ccccc1C)S(=O)(=O)c1c(C)cc(C)cc1C. The molecule has 0 unspecified atom stereocenters. The highest BCUT2D eigenvalue weighted by atomic mass is 32.2. The van der Waals surface area contributed by atoms with Gasteiger partial charge in [0.2, 0.25) is 15.9 Å². The second-order valence-corrected chi connectivity index (χ2v) is 12.3. The largest absolute Gasteiger partial charge is 0.383 e. The zero-order chi connectivity index (χ0) is 27.5. The van der Waals surface area contributed by atoms with Gasteiger partial charge in [0.25, 0.3) is 0 Å². The number of hydrogen-bond donors (Lipinski definition) is 1. The summed E-state index contributed by atoms with van der Waals surface area (Å²) in [6, 6.07) is 13.3. The number of nitrogens with zero attached hydrogens (tertiary/aromatic N) is 3. The molecule has 0 aliphatic rings. The van der Waals surface area contributed by atoms with Crippen LogP contribution in [-0.4, -0.2) is 55.2 Å². The van der Waals surface area contributed by atoms with Crippen LogP contribution < -0.4 is 5.32 Å². The molecule has 0 aliphatic heterocycles. The van der Waals surface area contributed by atoms with Crippen molar-refractivity contribution in [1.82, 2.24) is 14.1 Å². The number of ether oxygens (including phenoxy) is 1. The molecule has 0 bridgehead atoms. The molecule has 3 rings (SSSR count).